The van der Waals surface area contributed by atoms with Gasteiger partial charge in [0, 0.05) is 19.6 Å². The molecule has 2 atom stereocenters. The fourth-order valence-corrected chi connectivity index (χ4v) is 4.68. The van der Waals surface area contributed by atoms with E-state index in [9.17, 15) is 24.3 Å². The number of amides is 3. The molecule has 1 aromatic rings. The van der Waals surface area contributed by atoms with Gasteiger partial charge in [-0.2, -0.15) is 0 Å². The highest BCUT2D eigenvalue weighted by atomic mass is 16.6. The van der Waals surface area contributed by atoms with E-state index in [4.69, 9.17) is 4.74 Å². The van der Waals surface area contributed by atoms with E-state index in [1.54, 1.807) is 25.7 Å². The van der Waals surface area contributed by atoms with Gasteiger partial charge in [-0.1, -0.05) is 30.3 Å². The third-order valence-electron chi connectivity index (χ3n) is 6.57. The van der Waals surface area contributed by atoms with Gasteiger partial charge in [0.1, 0.15) is 17.7 Å². The largest absolute Gasteiger partial charge is 0.480 e. The first-order chi connectivity index (χ1) is 15.9. The molecule has 9 heteroatoms. The van der Waals surface area contributed by atoms with Crippen LogP contribution in [0.25, 0.3) is 0 Å². The summed E-state index contributed by atoms with van der Waals surface area (Å²) < 4.78 is 5.48. The third-order valence-corrected chi connectivity index (χ3v) is 6.57. The summed E-state index contributed by atoms with van der Waals surface area (Å²) in [5.41, 5.74) is -0.774. The van der Waals surface area contributed by atoms with E-state index in [0.717, 1.165) is 12.0 Å². The minimum atomic E-state index is -1.10. The number of carbonyl (C=O) groups excluding carboxylic acids is 3. The first-order valence-electron chi connectivity index (χ1n) is 11.8. The first-order valence-corrected chi connectivity index (χ1v) is 11.8. The van der Waals surface area contributed by atoms with Crippen LogP contribution < -0.4 is 5.32 Å². The molecule has 3 amide bonds. The molecule has 2 fully saturated rings. The molecule has 2 heterocycles. The number of carboxylic acid groups (broad SMARTS) is 1. The quantitative estimate of drug-likeness (QED) is 0.679. The van der Waals surface area contributed by atoms with Crippen molar-refractivity contribution in [2.75, 3.05) is 19.6 Å². The molecule has 2 saturated heterocycles. The first kappa shape index (κ1) is 25.5. The van der Waals surface area contributed by atoms with Gasteiger partial charge in [-0.05, 0) is 58.9 Å². The Labute approximate surface area is 200 Å². The average molecular weight is 474 g/mol. The molecule has 186 valence electrons. The second-order valence-electron chi connectivity index (χ2n) is 10.1. The van der Waals surface area contributed by atoms with Crippen molar-refractivity contribution in [3.8, 4) is 0 Å². The highest BCUT2D eigenvalue weighted by molar-refractivity contribution is 5.92. The van der Waals surface area contributed by atoms with Gasteiger partial charge in [0.25, 0.3) is 0 Å². The second kappa shape index (κ2) is 10.0. The molecule has 2 aliphatic heterocycles. The maximum absolute atomic E-state index is 13.4. The zero-order chi connectivity index (χ0) is 25.1. The maximum atomic E-state index is 13.4. The summed E-state index contributed by atoms with van der Waals surface area (Å²) in [5.74, 6) is -1.59. The predicted octanol–water partition coefficient (Wildman–Crippen LogP) is 2.54. The Bertz CT molecular complexity index is 918. The van der Waals surface area contributed by atoms with Crippen molar-refractivity contribution < 1.29 is 29.0 Å². The van der Waals surface area contributed by atoms with Crippen molar-refractivity contribution in [3.63, 3.8) is 0 Å². The smallest absolute Gasteiger partial charge is 0.410 e. The molecular weight excluding hydrogens is 438 g/mol. The molecule has 0 saturated carbocycles. The lowest BCUT2D eigenvalue weighted by Crippen LogP contribution is -2.57. The number of nitrogens with zero attached hydrogens (tertiary/aromatic N) is 2. The lowest BCUT2D eigenvalue weighted by Gasteiger charge is -2.42. The molecule has 2 N–H and O–H groups in total. The van der Waals surface area contributed by atoms with Gasteiger partial charge in [0.2, 0.25) is 11.8 Å². The van der Waals surface area contributed by atoms with Crippen LogP contribution in [0.4, 0.5) is 4.79 Å². The molecule has 34 heavy (non-hydrogen) atoms. The summed E-state index contributed by atoms with van der Waals surface area (Å²) in [6, 6.07) is 7.69. The van der Waals surface area contributed by atoms with E-state index in [1.807, 2.05) is 30.3 Å². The number of nitrogens with one attached hydrogen (secondary N) is 1. The number of likely N-dealkylation sites (tertiary alicyclic amines) is 2. The van der Waals surface area contributed by atoms with E-state index in [-0.39, 0.29) is 11.8 Å². The minimum absolute atomic E-state index is 0.135. The van der Waals surface area contributed by atoms with Gasteiger partial charge >= 0.3 is 12.1 Å². The Morgan fingerprint density at radius 3 is 2.26 bits per heavy atom. The number of hydrogen-bond donors (Lipinski definition) is 2. The number of carbonyl (C=O) groups is 4. The van der Waals surface area contributed by atoms with Crippen molar-refractivity contribution in [2.45, 2.75) is 76.5 Å². The van der Waals surface area contributed by atoms with Crippen LogP contribution >= 0.6 is 0 Å². The Balaban J connectivity index is 1.74. The molecular formula is C25H35N3O6. The van der Waals surface area contributed by atoms with Crippen LogP contribution in [0.15, 0.2) is 30.3 Å². The highest BCUT2D eigenvalue weighted by Gasteiger charge is 2.46. The number of hydrogen-bond acceptors (Lipinski definition) is 5. The summed E-state index contributed by atoms with van der Waals surface area (Å²) >= 11 is 0. The van der Waals surface area contributed by atoms with Crippen LogP contribution in [-0.2, 0) is 24.5 Å². The molecule has 3 rings (SSSR count). The van der Waals surface area contributed by atoms with E-state index in [0.29, 0.717) is 38.9 Å². The van der Waals surface area contributed by atoms with Crippen molar-refractivity contribution >= 4 is 23.9 Å². The van der Waals surface area contributed by atoms with Crippen LogP contribution in [0.3, 0.4) is 0 Å². The Kier molecular flexibility index (Phi) is 7.53. The lowest BCUT2D eigenvalue weighted by molar-refractivity contribution is -0.143. The molecule has 0 bridgehead atoms. The summed E-state index contributed by atoms with van der Waals surface area (Å²) in [5, 5.41) is 11.9. The molecule has 0 aliphatic carbocycles. The number of rotatable bonds is 5. The summed E-state index contributed by atoms with van der Waals surface area (Å²) in [6.45, 7) is 7.96. The van der Waals surface area contributed by atoms with Gasteiger partial charge < -0.3 is 20.1 Å². The number of ether oxygens (including phenoxy) is 1. The molecule has 2 aliphatic rings. The topological polar surface area (TPSA) is 116 Å². The molecule has 0 spiro atoms. The second-order valence-corrected chi connectivity index (χ2v) is 10.1. The van der Waals surface area contributed by atoms with Crippen LogP contribution in [0, 0.1) is 0 Å². The fraction of sp³-hybridized carbons (Fsp3) is 0.600. The Morgan fingerprint density at radius 1 is 1.09 bits per heavy atom. The number of benzene rings is 1. The molecule has 0 aromatic heterocycles. The van der Waals surface area contributed by atoms with Gasteiger partial charge in [-0.25, -0.2) is 4.79 Å². The van der Waals surface area contributed by atoms with Crippen LogP contribution in [0.1, 0.15) is 58.9 Å². The number of carboxylic acids is 1. The van der Waals surface area contributed by atoms with Gasteiger partial charge in [-0.3, -0.25) is 19.3 Å². The van der Waals surface area contributed by atoms with E-state index in [1.165, 1.54) is 11.8 Å². The van der Waals surface area contributed by atoms with Gasteiger partial charge in [0.15, 0.2) is 0 Å². The van der Waals surface area contributed by atoms with Crippen molar-refractivity contribution in [1.82, 2.24) is 15.1 Å². The average Bonchev–Trinajstić information content (AvgIpc) is 3.28. The normalized spacial score (nSPS) is 21.0. The molecule has 0 unspecified atom stereocenters. The van der Waals surface area contributed by atoms with Crippen molar-refractivity contribution in [2.24, 2.45) is 0 Å². The van der Waals surface area contributed by atoms with Gasteiger partial charge in [-0.15, -0.1) is 0 Å². The Morgan fingerprint density at radius 2 is 1.71 bits per heavy atom. The standard InChI is InChI=1S/C25H35N3O6/c1-17(21(30)31)26-22(32)25(18-9-6-5-7-10-18)12-15-27(16-13-25)20(29)19-11-8-14-28(19)23(33)34-24(2,3)4/h5-7,9-10,17,19H,8,11-16H2,1-4H3,(H,26,32)(H,30,31)/t17-,19-/m1/s1. The van der Waals surface area contributed by atoms with Gasteiger partial charge in [0.05, 0.1) is 5.41 Å². The van der Waals surface area contributed by atoms with Crippen molar-refractivity contribution in [1.29, 1.82) is 0 Å². The highest BCUT2D eigenvalue weighted by Crippen LogP contribution is 2.37. The minimum Gasteiger partial charge on any atom is -0.480 e. The molecule has 9 nitrogen and oxygen atoms in total. The van der Waals surface area contributed by atoms with Crippen LogP contribution in [-0.4, -0.2) is 76.1 Å². The van der Waals surface area contributed by atoms with Crippen LogP contribution in [0.2, 0.25) is 0 Å². The summed E-state index contributed by atoms with van der Waals surface area (Å²) in [6.07, 6.45) is 1.54. The van der Waals surface area contributed by atoms with E-state index in [2.05, 4.69) is 5.32 Å². The van der Waals surface area contributed by atoms with E-state index >= 15 is 0 Å². The van der Waals surface area contributed by atoms with Crippen molar-refractivity contribution in [3.05, 3.63) is 35.9 Å². The zero-order valence-electron chi connectivity index (χ0n) is 20.4. The maximum Gasteiger partial charge on any atom is 0.410 e. The molecule has 0 radical (unpaired) electrons. The fourth-order valence-electron chi connectivity index (χ4n) is 4.68. The zero-order valence-corrected chi connectivity index (χ0v) is 20.4. The molecule has 1 aromatic carbocycles. The number of aliphatic carboxylic acids is 1. The van der Waals surface area contributed by atoms with E-state index < -0.39 is 35.2 Å². The SMILES string of the molecule is C[C@@H](NC(=O)C1(c2ccccc2)CCN(C(=O)[C@H]2CCCN2C(=O)OC(C)(C)C)CC1)C(=O)O. The van der Waals surface area contributed by atoms with Crippen LogP contribution in [0.5, 0.6) is 0 Å². The summed E-state index contributed by atoms with van der Waals surface area (Å²) in [7, 11) is 0. The number of piperidine rings is 1. The monoisotopic (exact) mass is 473 g/mol. The summed E-state index contributed by atoms with van der Waals surface area (Å²) in [4.78, 5) is 53.8. The third kappa shape index (κ3) is 5.51. The lowest BCUT2D eigenvalue weighted by atomic mass is 9.71. The predicted molar refractivity (Wildman–Crippen MR) is 125 cm³/mol. The Hall–Kier alpha value is -3.10.